The number of aromatic nitrogens is 3. The molecule has 29 heavy (non-hydrogen) atoms. The number of fused-ring (bicyclic) bond motifs is 1. The van der Waals surface area contributed by atoms with E-state index in [1.807, 2.05) is 45.0 Å². The van der Waals surface area contributed by atoms with E-state index in [2.05, 4.69) is 34.9 Å². The zero-order chi connectivity index (χ0) is 21.2. The van der Waals surface area contributed by atoms with E-state index in [1.54, 1.807) is 6.20 Å². The summed E-state index contributed by atoms with van der Waals surface area (Å²) in [7, 11) is 0. The summed E-state index contributed by atoms with van der Waals surface area (Å²) in [5, 5.41) is 9.66. The Bertz CT molecular complexity index is 1080. The molecule has 0 radical (unpaired) electrons. The SMILES string of the molecule is Cc1nc2nccc(-c3ccc(OCC(C)(N)CC(C)C)c(C#N)c3)c2nc1C. The average Bonchev–Trinajstić information content (AvgIpc) is 2.66. The number of benzene rings is 1. The molecule has 1 atom stereocenters. The predicted molar refractivity (Wildman–Crippen MR) is 115 cm³/mol. The lowest BCUT2D eigenvalue weighted by Gasteiger charge is -2.26. The van der Waals surface area contributed by atoms with E-state index in [-0.39, 0.29) is 0 Å². The van der Waals surface area contributed by atoms with Crippen LogP contribution in [0, 0.1) is 31.1 Å². The van der Waals surface area contributed by atoms with Gasteiger partial charge in [0.2, 0.25) is 0 Å². The zero-order valence-electron chi connectivity index (χ0n) is 17.7. The number of aryl methyl sites for hydroxylation is 2. The summed E-state index contributed by atoms with van der Waals surface area (Å²) < 4.78 is 5.92. The Balaban J connectivity index is 1.95. The van der Waals surface area contributed by atoms with Gasteiger partial charge in [0.15, 0.2) is 5.65 Å². The average molecular weight is 390 g/mol. The molecule has 0 saturated carbocycles. The molecule has 6 heteroatoms. The summed E-state index contributed by atoms with van der Waals surface area (Å²) in [6.07, 6.45) is 2.55. The van der Waals surface area contributed by atoms with Crippen LogP contribution in [-0.2, 0) is 0 Å². The van der Waals surface area contributed by atoms with E-state index in [9.17, 15) is 5.26 Å². The van der Waals surface area contributed by atoms with E-state index in [4.69, 9.17) is 10.5 Å². The molecule has 3 aromatic rings. The number of nitriles is 1. The second-order valence-electron chi connectivity index (χ2n) is 8.29. The lowest BCUT2D eigenvalue weighted by Crippen LogP contribution is -2.43. The van der Waals surface area contributed by atoms with Crippen LogP contribution in [0.2, 0.25) is 0 Å². The van der Waals surface area contributed by atoms with Gasteiger partial charge in [-0.05, 0) is 56.9 Å². The minimum atomic E-state index is -0.453. The first-order chi connectivity index (χ1) is 13.7. The highest BCUT2D eigenvalue weighted by atomic mass is 16.5. The molecule has 1 aromatic carbocycles. The van der Waals surface area contributed by atoms with Gasteiger partial charge >= 0.3 is 0 Å². The number of hydrogen-bond donors (Lipinski definition) is 1. The Morgan fingerprint density at radius 1 is 1.17 bits per heavy atom. The second kappa shape index (κ2) is 8.14. The third-order valence-corrected chi connectivity index (χ3v) is 4.82. The molecule has 2 heterocycles. The maximum Gasteiger partial charge on any atom is 0.179 e. The molecule has 1 unspecified atom stereocenters. The summed E-state index contributed by atoms with van der Waals surface area (Å²) in [4.78, 5) is 13.5. The number of hydrogen-bond acceptors (Lipinski definition) is 6. The van der Waals surface area contributed by atoms with Gasteiger partial charge < -0.3 is 10.5 Å². The van der Waals surface area contributed by atoms with E-state index < -0.39 is 5.54 Å². The van der Waals surface area contributed by atoms with Crippen molar-refractivity contribution in [2.75, 3.05) is 6.61 Å². The summed E-state index contributed by atoms with van der Waals surface area (Å²) in [6.45, 7) is 10.4. The van der Waals surface area contributed by atoms with Crippen molar-refractivity contribution >= 4 is 11.2 Å². The molecular formula is C23H27N5O. The first kappa shape index (κ1) is 20.7. The van der Waals surface area contributed by atoms with E-state index in [0.717, 1.165) is 34.5 Å². The predicted octanol–water partition coefficient (Wildman–Crippen LogP) is 4.32. The number of ether oxygens (including phenoxy) is 1. The van der Waals surface area contributed by atoms with Crippen LogP contribution < -0.4 is 10.5 Å². The Morgan fingerprint density at radius 2 is 1.90 bits per heavy atom. The van der Waals surface area contributed by atoms with Gasteiger partial charge in [-0.1, -0.05) is 19.9 Å². The van der Waals surface area contributed by atoms with Crippen LogP contribution >= 0.6 is 0 Å². The molecule has 0 saturated heterocycles. The van der Waals surface area contributed by atoms with Gasteiger partial charge in [-0.2, -0.15) is 5.26 Å². The standard InChI is InChI=1S/C23H27N5O/c1-14(2)11-23(5,25)13-29-20-7-6-17(10-18(20)12-24)19-8-9-26-22-21(19)27-15(3)16(4)28-22/h6-10,14H,11,13,25H2,1-5H3. The molecule has 0 fully saturated rings. The van der Waals surface area contributed by atoms with Crippen LogP contribution in [0.25, 0.3) is 22.3 Å². The third-order valence-electron chi connectivity index (χ3n) is 4.82. The monoisotopic (exact) mass is 389 g/mol. The van der Waals surface area contributed by atoms with Crippen molar-refractivity contribution in [1.29, 1.82) is 5.26 Å². The van der Waals surface area contributed by atoms with Gasteiger partial charge in [0, 0.05) is 17.3 Å². The van der Waals surface area contributed by atoms with E-state index in [0.29, 0.717) is 29.5 Å². The Kier molecular flexibility index (Phi) is 5.81. The minimum Gasteiger partial charge on any atom is -0.490 e. The molecular weight excluding hydrogens is 362 g/mol. The molecule has 0 aliphatic heterocycles. The lowest BCUT2D eigenvalue weighted by molar-refractivity contribution is 0.206. The van der Waals surface area contributed by atoms with Crippen LogP contribution in [0.1, 0.15) is 44.1 Å². The van der Waals surface area contributed by atoms with Crippen molar-refractivity contribution in [2.24, 2.45) is 11.7 Å². The highest BCUT2D eigenvalue weighted by molar-refractivity contribution is 5.89. The molecule has 6 nitrogen and oxygen atoms in total. The molecule has 2 N–H and O–H groups in total. The summed E-state index contributed by atoms with van der Waals surface area (Å²) in [6, 6.07) is 9.69. The van der Waals surface area contributed by atoms with Crippen molar-refractivity contribution in [2.45, 2.75) is 46.6 Å². The van der Waals surface area contributed by atoms with Crippen molar-refractivity contribution in [1.82, 2.24) is 15.0 Å². The number of nitrogens with two attached hydrogens (primary N) is 1. The Labute approximate surface area is 171 Å². The Morgan fingerprint density at radius 3 is 2.59 bits per heavy atom. The normalized spacial score (nSPS) is 13.3. The molecule has 2 aromatic heterocycles. The van der Waals surface area contributed by atoms with Crippen LogP contribution in [0.3, 0.4) is 0 Å². The van der Waals surface area contributed by atoms with Crippen LogP contribution in [0.5, 0.6) is 5.75 Å². The van der Waals surface area contributed by atoms with Crippen LogP contribution in [0.4, 0.5) is 0 Å². The first-order valence-electron chi connectivity index (χ1n) is 9.76. The molecule has 150 valence electrons. The van der Waals surface area contributed by atoms with Gasteiger partial charge in [0.1, 0.15) is 23.9 Å². The first-order valence-corrected chi connectivity index (χ1v) is 9.76. The highest BCUT2D eigenvalue weighted by Gasteiger charge is 2.22. The molecule has 3 rings (SSSR count). The maximum absolute atomic E-state index is 9.66. The topological polar surface area (TPSA) is 97.7 Å². The molecule has 0 aliphatic rings. The van der Waals surface area contributed by atoms with Gasteiger partial charge in [0.25, 0.3) is 0 Å². The molecule has 0 bridgehead atoms. The van der Waals surface area contributed by atoms with Crippen molar-refractivity contribution in [3.05, 3.63) is 47.4 Å². The fourth-order valence-corrected chi connectivity index (χ4v) is 3.50. The van der Waals surface area contributed by atoms with Crippen molar-refractivity contribution in [3.8, 4) is 22.9 Å². The fourth-order valence-electron chi connectivity index (χ4n) is 3.50. The summed E-state index contributed by atoms with van der Waals surface area (Å²) in [5.41, 5.74) is 11.1. The van der Waals surface area contributed by atoms with Crippen LogP contribution in [-0.4, -0.2) is 27.1 Å². The Hall–Kier alpha value is -3.04. The number of rotatable bonds is 6. The molecule has 0 aliphatic carbocycles. The van der Waals surface area contributed by atoms with E-state index in [1.165, 1.54) is 0 Å². The van der Waals surface area contributed by atoms with Gasteiger partial charge in [0.05, 0.1) is 17.0 Å². The summed E-state index contributed by atoms with van der Waals surface area (Å²) in [5.74, 6) is 1.01. The quantitative estimate of drug-likeness (QED) is 0.674. The lowest BCUT2D eigenvalue weighted by atomic mass is 9.93. The number of pyridine rings is 1. The van der Waals surface area contributed by atoms with Gasteiger partial charge in [-0.15, -0.1) is 0 Å². The highest BCUT2D eigenvalue weighted by Crippen LogP contribution is 2.30. The summed E-state index contributed by atoms with van der Waals surface area (Å²) >= 11 is 0. The largest absolute Gasteiger partial charge is 0.490 e. The van der Waals surface area contributed by atoms with Crippen LogP contribution in [0.15, 0.2) is 30.5 Å². The molecule has 0 amide bonds. The minimum absolute atomic E-state index is 0.349. The van der Waals surface area contributed by atoms with Gasteiger partial charge in [-0.25, -0.2) is 15.0 Å². The second-order valence-corrected chi connectivity index (χ2v) is 8.29. The number of nitrogens with zero attached hydrogens (tertiary/aromatic N) is 4. The fraction of sp³-hybridized carbons (Fsp3) is 0.391. The maximum atomic E-state index is 9.66. The van der Waals surface area contributed by atoms with Crippen molar-refractivity contribution < 1.29 is 4.74 Å². The van der Waals surface area contributed by atoms with Crippen molar-refractivity contribution in [3.63, 3.8) is 0 Å². The third kappa shape index (κ3) is 4.69. The van der Waals surface area contributed by atoms with Gasteiger partial charge in [-0.3, -0.25) is 0 Å². The zero-order valence-corrected chi connectivity index (χ0v) is 17.7. The smallest absolute Gasteiger partial charge is 0.179 e. The molecule has 0 spiro atoms. The van der Waals surface area contributed by atoms with E-state index >= 15 is 0 Å².